The zero-order chi connectivity index (χ0) is 9.84. The van der Waals surface area contributed by atoms with Crippen molar-refractivity contribution < 1.29 is 9.53 Å². The Bertz CT molecular complexity index is 198. The zero-order valence-corrected chi connectivity index (χ0v) is 8.47. The van der Waals surface area contributed by atoms with E-state index in [1.807, 2.05) is 4.90 Å². The van der Waals surface area contributed by atoms with E-state index in [1.165, 1.54) is 7.11 Å². The minimum Gasteiger partial charge on any atom is -0.467 e. The number of methoxy groups -OCH3 is 1. The van der Waals surface area contributed by atoms with Gasteiger partial charge in [0.05, 0.1) is 12.1 Å². The molecule has 2 N–H and O–H groups in total. The predicted molar refractivity (Wildman–Crippen MR) is 53.4 cm³/mol. The summed E-state index contributed by atoms with van der Waals surface area (Å²) in [6, 6.07) is -0.207. The summed E-state index contributed by atoms with van der Waals surface area (Å²) in [5.74, 6) is -0.215. The molecular formula is C8H14N2O2S. The molecule has 0 amide bonds. The maximum atomic E-state index is 11.3. The third-order valence-electron chi connectivity index (χ3n) is 2.22. The van der Waals surface area contributed by atoms with Gasteiger partial charge < -0.3 is 15.4 Å². The van der Waals surface area contributed by atoms with Gasteiger partial charge in [-0.2, -0.15) is 0 Å². The first-order chi connectivity index (χ1) is 6.20. The molecule has 0 aromatic carbocycles. The van der Waals surface area contributed by atoms with E-state index in [4.69, 9.17) is 18.0 Å². The maximum absolute atomic E-state index is 11.3. The Balaban J connectivity index is 2.63. The van der Waals surface area contributed by atoms with Gasteiger partial charge in [-0.15, -0.1) is 0 Å². The van der Waals surface area contributed by atoms with Crippen molar-refractivity contribution in [2.45, 2.75) is 18.9 Å². The van der Waals surface area contributed by atoms with Gasteiger partial charge in [-0.3, -0.25) is 0 Å². The lowest BCUT2D eigenvalue weighted by Crippen LogP contribution is -2.42. The number of rotatable bonds is 2. The van der Waals surface area contributed by atoms with Crippen molar-refractivity contribution in [2.24, 2.45) is 5.73 Å². The van der Waals surface area contributed by atoms with Crippen LogP contribution < -0.4 is 5.73 Å². The SMILES string of the molecule is COC(=O)[C@@H]1CCCN1C(=S)CN. The molecule has 1 aliphatic rings. The second kappa shape index (κ2) is 4.53. The molecule has 1 saturated heterocycles. The van der Waals surface area contributed by atoms with Crippen molar-refractivity contribution in [3.8, 4) is 0 Å². The maximum Gasteiger partial charge on any atom is 0.328 e. The number of hydrogen-bond donors (Lipinski definition) is 1. The summed E-state index contributed by atoms with van der Waals surface area (Å²) in [6.07, 6.45) is 1.78. The van der Waals surface area contributed by atoms with Gasteiger partial charge in [0.15, 0.2) is 0 Å². The molecule has 1 fully saturated rings. The van der Waals surface area contributed by atoms with E-state index in [9.17, 15) is 4.79 Å². The van der Waals surface area contributed by atoms with Gasteiger partial charge in [-0.25, -0.2) is 4.79 Å². The van der Waals surface area contributed by atoms with Gasteiger partial charge in [0, 0.05) is 13.1 Å². The van der Waals surface area contributed by atoms with Crippen molar-refractivity contribution in [1.29, 1.82) is 0 Å². The van der Waals surface area contributed by atoms with Crippen LogP contribution in [0.2, 0.25) is 0 Å². The van der Waals surface area contributed by atoms with E-state index < -0.39 is 0 Å². The van der Waals surface area contributed by atoms with Gasteiger partial charge >= 0.3 is 5.97 Å². The summed E-state index contributed by atoms with van der Waals surface area (Å²) in [5.41, 5.74) is 5.42. The van der Waals surface area contributed by atoms with Crippen molar-refractivity contribution in [3.05, 3.63) is 0 Å². The van der Waals surface area contributed by atoms with Crippen LogP contribution in [0.5, 0.6) is 0 Å². The predicted octanol–water partition coefficient (Wildman–Crippen LogP) is -0.0901. The Morgan fingerprint density at radius 2 is 2.46 bits per heavy atom. The first-order valence-corrected chi connectivity index (χ1v) is 4.69. The monoisotopic (exact) mass is 202 g/mol. The molecule has 0 radical (unpaired) electrons. The molecule has 13 heavy (non-hydrogen) atoms. The summed E-state index contributed by atoms with van der Waals surface area (Å²) in [7, 11) is 1.39. The molecule has 0 unspecified atom stereocenters. The van der Waals surface area contributed by atoms with Crippen LogP contribution in [0.25, 0.3) is 0 Å². The average molecular weight is 202 g/mol. The number of nitrogens with two attached hydrogens (primary N) is 1. The van der Waals surface area contributed by atoms with Crippen LogP contribution in [0.4, 0.5) is 0 Å². The molecule has 0 aliphatic carbocycles. The fourth-order valence-corrected chi connectivity index (χ4v) is 1.78. The Morgan fingerprint density at radius 3 is 3.00 bits per heavy atom. The first kappa shape index (κ1) is 10.4. The van der Waals surface area contributed by atoms with Crippen molar-refractivity contribution in [2.75, 3.05) is 20.2 Å². The molecule has 4 nitrogen and oxygen atoms in total. The van der Waals surface area contributed by atoms with Crippen LogP contribution in [0, 0.1) is 0 Å². The van der Waals surface area contributed by atoms with Gasteiger partial charge in [-0.1, -0.05) is 12.2 Å². The lowest BCUT2D eigenvalue weighted by molar-refractivity contribution is -0.144. The second-order valence-electron chi connectivity index (χ2n) is 2.97. The van der Waals surface area contributed by atoms with E-state index in [0.29, 0.717) is 11.5 Å². The molecule has 5 heteroatoms. The molecule has 74 valence electrons. The standard InChI is InChI=1S/C8H14N2O2S/c1-12-8(11)6-3-2-4-10(6)7(13)5-9/h6H,2-5,9H2,1H3/t6-/m0/s1. The van der Waals surface area contributed by atoms with Crippen molar-refractivity contribution in [3.63, 3.8) is 0 Å². The normalized spacial score (nSPS) is 21.7. The van der Waals surface area contributed by atoms with E-state index in [2.05, 4.69) is 4.74 Å². The fraction of sp³-hybridized carbons (Fsp3) is 0.750. The third kappa shape index (κ3) is 2.16. The number of carbonyl (C=O) groups is 1. The van der Waals surface area contributed by atoms with Crippen LogP contribution >= 0.6 is 12.2 Å². The van der Waals surface area contributed by atoms with Gasteiger partial charge in [0.2, 0.25) is 0 Å². The Labute approximate surface area is 83.0 Å². The van der Waals surface area contributed by atoms with E-state index in [1.54, 1.807) is 0 Å². The largest absolute Gasteiger partial charge is 0.467 e. The van der Waals surface area contributed by atoms with Crippen molar-refractivity contribution >= 4 is 23.2 Å². The molecule has 0 saturated carbocycles. The minimum absolute atomic E-state index is 0.207. The highest BCUT2D eigenvalue weighted by molar-refractivity contribution is 7.80. The quantitative estimate of drug-likeness (QED) is 0.501. The molecule has 1 rings (SSSR count). The van der Waals surface area contributed by atoms with Gasteiger partial charge in [0.1, 0.15) is 6.04 Å². The molecule has 1 atom stereocenters. The first-order valence-electron chi connectivity index (χ1n) is 4.28. The molecule has 1 aliphatic heterocycles. The van der Waals surface area contributed by atoms with Crippen LogP contribution in [0.3, 0.4) is 0 Å². The van der Waals surface area contributed by atoms with Crippen LogP contribution in [0.15, 0.2) is 0 Å². The molecular weight excluding hydrogens is 188 g/mol. The molecule has 0 aromatic heterocycles. The number of nitrogens with zero attached hydrogens (tertiary/aromatic N) is 1. The van der Waals surface area contributed by atoms with E-state index >= 15 is 0 Å². The third-order valence-corrected chi connectivity index (χ3v) is 2.62. The average Bonchev–Trinajstić information content (AvgIpc) is 2.63. The Kier molecular flexibility index (Phi) is 3.62. The summed E-state index contributed by atoms with van der Waals surface area (Å²) in [6.45, 7) is 1.14. The van der Waals surface area contributed by atoms with Crippen molar-refractivity contribution in [1.82, 2.24) is 4.90 Å². The summed E-state index contributed by atoms with van der Waals surface area (Å²) < 4.78 is 4.68. The van der Waals surface area contributed by atoms with E-state index in [-0.39, 0.29) is 12.0 Å². The Hall–Kier alpha value is -0.680. The number of esters is 1. The van der Waals surface area contributed by atoms with Crippen LogP contribution in [0.1, 0.15) is 12.8 Å². The number of ether oxygens (including phenoxy) is 1. The molecule has 0 bridgehead atoms. The number of hydrogen-bond acceptors (Lipinski definition) is 4. The summed E-state index contributed by atoms with van der Waals surface area (Å²) in [4.78, 5) is 13.8. The highest BCUT2D eigenvalue weighted by atomic mass is 32.1. The van der Waals surface area contributed by atoms with Gasteiger partial charge in [-0.05, 0) is 12.8 Å². The smallest absolute Gasteiger partial charge is 0.328 e. The molecule has 0 aromatic rings. The number of carbonyl (C=O) groups excluding carboxylic acids is 1. The number of thiocarbonyl (C=S) groups is 1. The lowest BCUT2D eigenvalue weighted by Gasteiger charge is -2.24. The van der Waals surface area contributed by atoms with Crippen LogP contribution in [-0.2, 0) is 9.53 Å². The second-order valence-corrected chi connectivity index (χ2v) is 3.44. The summed E-state index contributed by atoms with van der Waals surface area (Å²) in [5, 5.41) is 0. The number of likely N-dealkylation sites (tertiary alicyclic amines) is 1. The molecule has 1 heterocycles. The lowest BCUT2D eigenvalue weighted by atomic mass is 10.2. The highest BCUT2D eigenvalue weighted by Crippen LogP contribution is 2.18. The topological polar surface area (TPSA) is 55.6 Å². The van der Waals surface area contributed by atoms with Gasteiger partial charge in [0.25, 0.3) is 0 Å². The van der Waals surface area contributed by atoms with Crippen LogP contribution in [-0.4, -0.2) is 42.1 Å². The Morgan fingerprint density at radius 1 is 1.77 bits per heavy atom. The summed E-state index contributed by atoms with van der Waals surface area (Å²) >= 11 is 5.05. The minimum atomic E-state index is -0.215. The zero-order valence-electron chi connectivity index (χ0n) is 7.66. The molecule has 0 spiro atoms. The van der Waals surface area contributed by atoms with E-state index in [0.717, 1.165) is 19.4 Å². The fourth-order valence-electron chi connectivity index (χ4n) is 1.56. The highest BCUT2D eigenvalue weighted by Gasteiger charge is 2.32.